The summed E-state index contributed by atoms with van der Waals surface area (Å²) in [6, 6.07) is 30.6. The van der Waals surface area contributed by atoms with Gasteiger partial charge >= 0.3 is 19.9 Å². The van der Waals surface area contributed by atoms with Gasteiger partial charge in [-0.3, -0.25) is 18.4 Å². The summed E-state index contributed by atoms with van der Waals surface area (Å²) in [6.45, 7) is 5.77. The lowest BCUT2D eigenvalue weighted by Crippen LogP contribution is -2.45. The molecule has 1 aliphatic heterocycles. The monoisotopic (exact) mass is 1130 g/mol. The third-order valence-electron chi connectivity index (χ3n) is 11.9. The summed E-state index contributed by atoms with van der Waals surface area (Å²) in [6.07, 6.45) is -0.874. The number of nitrogens with zero attached hydrogens (tertiary/aromatic N) is 1. The number of nitriles is 1. The van der Waals surface area contributed by atoms with Crippen LogP contribution in [-0.4, -0.2) is 96.9 Å². The van der Waals surface area contributed by atoms with Crippen molar-refractivity contribution in [3.63, 3.8) is 0 Å². The quantitative estimate of drug-likeness (QED) is 0.0207. The molecular weight excluding hydrogens is 1070 g/mol. The fraction of sp³-hybridized carbons (Fsp3) is 0.382. The molecule has 0 spiro atoms. The van der Waals surface area contributed by atoms with Gasteiger partial charge in [-0.2, -0.15) is 5.26 Å². The lowest BCUT2D eigenvalue weighted by Gasteiger charge is -2.37. The van der Waals surface area contributed by atoms with Crippen molar-refractivity contribution in [2.24, 2.45) is 5.41 Å². The minimum atomic E-state index is -3.92. The molecular formula is C55H60Cl2F2N3O14P. The molecule has 0 bridgehead atoms. The van der Waals surface area contributed by atoms with Crippen LogP contribution in [0.4, 0.5) is 19.3 Å². The third kappa shape index (κ3) is 17.2. The predicted octanol–water partition coefficient (Wildman–Crippen LogP) is 11.1. The largest absolute Gasteiger partial charge is 0.511 e. The van der Waals surface area contributed by atoms with Crippen molar-refractivity contribution in [1.82, 2.24) is 5.32 Å². The van der Waals surface area contributed by atoms with Gasteiger partial charge in [-0.15, -0.1) is 0 Å². The number of ether oxygens (including phenoxy) is 7. The Balaban J connectivity index is 0.908. The van der Waals surface area contributed by atoms with E-state index in [4.69, 9.17) is 69.9 Å². The van der Waals surface area contributed by atoms with E-state index < -0.39 is 73.1 Å². The van der Waals surface area contributed by atoms with Crippen molar-refractivity contribution in [2.45, 2.75) is 63.8 Å². The summed E-state index contributed by atoms with van der Waals surface area (Å²) in [4.78, 5) is 39.6. The van der Waals surface area contributed by atoms with Crippen LogP contribution < -0.4 is 15.4 Å². The summed E-state index contributed by atoms with van der Waals surface area (Å²) in [5, 5.41) is 17.0. The van der Waals surface area contributed by atoms with Crippen LogP contribution >= 0.6 is 31.0 Å². The zero-order valence-electron chi connectivity index (χ0n) is 42.8. The van der Waals surface area contributed by atoms with Gasteiger partial charge in [0.05, 0.1) is 95.0 Å². The first-order valence-corrected chi connectivity index (χ1v) is 26.6. The molecule has 1 aliphatic rings. The Morgan fingerprint density at radius 1 is 0.740 bits per heavy atom. The maximum Gasteiger partial charge on any atom is 0.511 e. The Hall–Kier alpha value is -6.01. The maximum absolute atomic E-state index is 16.1. The van der Waals surface area contributed by atoms with E-state index in [9.17, 15) is 24.2 Å². The van der Waals surface area contributed by atoms with E-state index in [0.717, 1.165) is 17.2 Å². The lowest BCUT2D eigenvalue weighted by atomic mass is 9.62. The Bertz CT molecular complexity index is 2800. The number of esters is 1. The molecule has 5 aromatic rings. The SMILES string of the molecule is COc1cc(C(=O)OCOC(=O)OCCOCCOCCOCCOP(=O)(OCc2ccccc2)OCc2ccccc2)ccc1NC(=O)[C@@H]1NC(CC(C)(C)C)[C@](C#N)(c2ccc(Cl)cc2F)C1c1cccc(Cl)c1F. The van der Waals surface area contributed by atoms with Crippen LogP contribution in [-0.2, 0) is 70.0 Å². The molecule has 0 aromatic heterocycles. The highest BCUT2D eigenvalue weighted by Gasteiger charge is 2.61. The van der Waals surface area contributed by atoms with E-state index in [1.807, 2.05) is 81.4 Å². The number of phosphoric ester groups is 1. The molecule has 0 aliphatic carbocycles. The number of amides is 1. The molecule has 412 valence electrons. The fourth-order valence-corrected chi connectivity index (χ4v) is 9.92. The van der Waals surface area contributed by atoms with Crippen molar-refractivity contribution in [3.05, 3.63) is 165 Å². The van der Waals surface area contributed by atoms with E-state index in [1.54, 1.807) is 0 Å². The molecule has 2 unspecified atom stereocenters. The summed E-state index contributed by atoms with van der Waals surface area (Å²) in [5.41, 5.74) is -0.846. The number of anilines is 1. The summed E-state index contributed by atoms with van der Waals surface area (Å²) in [7, 11) is -2.62. The van der Waals surface area contributed by atoms with Crippen LogP contribution in [0.1, 0.15) is 65.7 Å². The van der Waals surface area contributed by atoms with Crippen molar-refractivity contribution >= 4 is 54.7 Å². The molecule has 77 heavy (non-hydrogen) atoms. The smallest absolute Gasteiger partial charge is 0.495 e. The molecule has 5 aromatic carbocycles. The summed E-state index contributed by atoms with van der Waals surface area (Å²) in [5.74, 6) is -4.66. The number of hydrogen-bond acceptors (Lipinski definition) is 16. The number of halogens is 4. The standard InChI is InChI=1S/C55H60Cl2F2N3O14P/c1-54(2,3)32-47-55(35-60,42-20-19-40(56)31-44(42)58)48(41-16-11-17-43(57)49(41)59)50(62-47)51(63)61-45-21-18-39(30-46(45)67-4)52(64)72-36-73-53(65)71-28-26-69-24-22-68-23-25-70-27-29-74-77(66,75-33-37-12-7-5-8-13-37)76-34-38-14-9-6-10-15-38/h5-21,30-31,47-48,50,62H,22-29,32-34,36H2,1-4H3,(H,61,63)/t47?,48?,50-,55+/m1/s1. The molecule has 1 amide bonds. The van der Waals surface area contributed by atoms with Crippen molar-refractivity contribution in [3.8, 4) is 11.8 Å². The molecule has 4 atom stereocenters. The first-order valence-electron chi connectivity index (χ1n) is 24.3. The second-order valence-electron chi connectivity index (χ2n) is 18.5. The Kier molecular flexibility index (Phi) is 22.8. The number of carbonyl (C=O) groups excluding carboxylic acids is 3. The number of benzene rings is 5. The van der Waals surface area contributed by atoms with Gasteiger partial charge < -0.3 is 43.8 Å². The summed E-state index contributed by atoms with van der Waals surface area (Å²) < 4.78 is 99.0. The van der Waals surface area contributed by atoms with Crippen molar-refractivity contribution in [2.75, 3.05) is 72.1 Å². The number of carbonyl (C=O) groups is 3. The Morgan fingerprint density at radius 3 is 1.94 bits per heavy atom. The second-order valence-corrected chi connectivity index (χ2v) is 21.0. The van der Waals surface area contributed by atoms with Crippen LogP contribution in [0.25, 0.3) is 0 Å². The van der Waals surface area contributed by atoms with Gasteiger partial charge in [0.15, 0.2) is 0 Å². The van der Waals surface area contributed by atoms with Crippen LogP contribution in [0.3, 0.4) is 0 Å². The molecule has 22 heteroatoms. The molecule has 2 N–H and O–H groups in total. The Labute approximate surface area is 455 Å². The molecule has 1 saturated heterocycles. The van der Waals surface area contributed by atoms with Gasteiger partial charge in [-0.25, -0.2) is 22.9 Å². The predicted molar refractivity (Wildman–Crippen MR) is 280 cm³/mol. The number of nitrogens with one attached hydrogen (secondary N) is 2. The number of hydrogen-bond donors (Lipinski definition) is 2. The minimum Gasteiger partial charge on any atom is -0.495 e. The van der Waals surface area contributed by atoms with E-state index in [1.165, 1.54) is 55.6 Å². The average Bonchev–Trinajstić information content (AvgIpc) is 3.86. The molecule has 6 rings (SSSR count). The van der Waals surface area contributed by atoms with E-state index in [2.05, 4.69) is 16.7 Å². The molecule has 17 nitrogen and oxygen atoms in total. The van der Waals surface area contributed by atoms with Gasteiger partial charge in [-0.1, -0.05) is 123 Å². The van der Waals surface area contributed by atoms with Gasteiger partial charge in [0.2, 0.25) is 12.7 Å². The van der Waals surface area contributed by atoms with Crippen LogP contribution in [0, 0.1) is 28.4 Å². The van der Waals surface area contributed by atoms with Gasteiger partial charge in [0.1, 0.15) is 29.4 Å². The van der Waals surface area contributed by atoms with Crippen LogP contribution in [0.2, 0.25) is 10.0 Å². The van der Waals surface area contributed by atoms with E-state index in [-0.39, 0.29) is 111 Å². The molecule has 1 heterocycles. The van der Waals surface area contributed by atoms with Crippen molar-refractivity contribution in [1.29, 1.82) is 5.26 Å². The van der Waals surface area contributed by atoms with E-state index >= 15 is 8.78 Å². The number of methoxy groups -OCH3 is 1. The Morgan fingerprint density at radius 2 is 1.35 bits per heavy atom. The third-order valence-corrected chi connectivity index (χ3v) is 13.8. The minimum absolute atomic E-state index is 0.0128. The lowest BCUT2D eigenvalue weighted by molar-refractivity contribution is -0.118. The summed E-state index contributed by atoms with van der Waals surface area (Å²) >= 11 is 12.4. The van der Waals surface area contributed by atoms with E-state index in [0.29, 0.717) is 0 Å². The van der Waals surface area contributed by atoms with Crippen LogP contribution in [0.15, 0.2) is 115 Å². The van der Waals surface area contributed by atoms with Crippen LogP contribution in [0.5, 0.6) is 5.75 Å². The van der Waals surface area contributed by atoms with Gasteiger partial charge in [0.25, 0.3) is 0 Å². The number of phosphoric acid groups is 1. The molecule has 0 saturated carbocycles. The zero-order valence-corrected chi connectivity index (χ0v) is 45.2. The highest BCUT2D eigenvalue weighted by molar-refractivity contribution is 7.48. The molecule has 1 fully saturated rings. The highest BCUT2D eigenvalue weighted by Crippen LogP contribution is 2.53. The van der Waals surface area contributed by atoms with Gasteiger partial charge in [0, 0.05) is 22.5 Å². The zero-order chi connectivity index (χ0) is 55.4. The topological polar surface area (TPSA) is 208 Å². The average molecular weight is 1130 g/mol. The molecule has 0 radical (unpaired) electrons. The van der Waals surface area contributed by atoms with Crippen molar-refractivity contribution < 1.29 is 74.5 Å². The first-order chi connectivity index (χ1) is 37.0. The number of rotatable bonds is 28. The normalized spacial score (nSPS) is 17.3. The first kappa shape index (κ1) is 60.2. The maximum atomic E-state index is 16.1. The highest BCUT2D eigenvalue weighted by atomic mass is 35.5. The van der Waals surface area contributed by atoms with Gasteiger partial charge in [-0.05, 0) is 64.9 Å². The second kappa shape index (κ2) is 29.1. The fourth-order valence-electron chi connectivity index (χ4n) is 8.45.